The minimum absolute atomic E-state index is 0.0602. The van der Waals surface area contributed by atoms with Gasteiger partial charge in [0.25, 0.3) is 0 Å². The predicted molar refractivity (Wildman–Crippen MR) is 74.3 cm³/mol. The van der Waals surface area contributed by atoms with Crippen molar-refractivity contribution in [1.29, 1.82) is 0 Å². The second-order valence-corrected chi connectivity index (χ2v) is 4.08. The van der Waals surface area contributed by atoms with Crippen molar-refractivity contribution in [1.82, 2.24) is 0 Å². The summed E-state index contributed by atoms with van der Waals surface area (Å²) >= 11 is 0. The van der Waals surface area contributed by atoms with Gasteiger partial charge in [-0.15, -0.1) is 0 Å². The van der Waals surface area contributed by atoms with E-state index >= 15 is 0 Å². The lowest BCUT2D eigenvalue weighted by atomic mass is 10.3. The highest BCUT2D eigenvalue weighted by Gasteiger charge is 2.07. The summed E-state index contributed by atoms with van der Waals surface area (Å²) in [5.74, 6) is 4.30. The number of nitrogens with one attached hydrogen (secondary N) is 2. The number of hydrogen-bond donors (Lipinski definition) is 0. The zero-order chi connectivity index (χ0) is 15.6. The molecule has 0 aliphatic rings. The summed E-state index contributed by atoms with van der Waals surface area (Å²) in [6.07, 6.45) is 6.51. The summed E-state index contributed by atoms with van der Waals surface area (Å²) in [6, 6.07) is 6.42. The molecule has 0 spiro atoms. The first-order valence-corrected chi connectivity index (χ1v) is 6.49. The van der Waals surface area contributed by atoms with Crippen LogP contribution in [-0.4, -0.2) is 25.2 Å². The molecule has 0 amide bonds. The van der Waals surface area contributed by atoms with Crippen molar-refractivity contribution in [2.45, 2.75) is 0 Å². The molecule has 2 rings (SSSR count). The molecule has 110 valence electrons. The Morgan fingerprint density at radius 2 is 1.14 bits per heavy atom. The summed E-state index contributed by atoms with van der Waals surface area (Å²) in [5.41, 5.74) is 0.876. The van der Waals surface area contributed by atoms with Gasteiger partial charge < -0.3 is 9.47 Å². The Labute approximate surface area is 127 Å². The van der Waals surface area contributed by atoms with E-state index in [2.05, 4.69) is 21.8 Å². The van der Waals surface area contributed by atoms with Gasteiger partial charge in [0.2, 0.25) is 0 Å². The van der Waals surface area contributed by atoms with Crippen LogP contribution in [0, 0.1) is 11.8 Å². The van der Waals surface area contributed by atoms with E-state index in [1.165, 1.54) is 0 Å². The Bertz CT molecular complexity index is 631. The summed E-state index contributed by atoms with van der Waals surface area (Å²) in [5, 5.41) is 0. The average Bonchev–Trinajstić information content (AvgIpc) is 2.59. The lowest BCUT2D eigenvalue weighted by molar-refractivity contribution is -0.378. The zero-order valence-corrected chi connectivity index (χ0v) is 11.7. The molecule has 0 aliphatic carbocycles. The van der Waals surface area contributed by atoms with Crippen LogP contribution in [0.1, 0.15) is 20.7 Å². The van der Waals surface area contributed by atoms with Crippen molar-refractivity contribution in [3.63, 3.8) is 0 Å². The fourth-order valence-electron chi connectivity index (χ4n) is 1.52. The largest absolute Gasteiger partial charge is 0.449 e. The van der Waals surface area contributed by atoms with E-state index < -0.39 is 11.9 Å². The number of aromatic nitrogens is 2. The molecule has 2 N–H and O–H groups in total. The molecular formula is C16H14N2O4+2. The molecule has 6 heteroatoms. The minimum Gasteiger partial charge on any atom is -0.449 e. The monoisotopic (exact) mass is 298 g/mol. The fraction of sp³-hybridized carbons (Fsp3) is 0.125. The molecule has 0 saturated heterocycles. The number of ether oxygens (including phenoxy) is 2. The van der Waals surface area contributed by atoms with Gasteiger partial charge in [-0.1, -0.05) is 11.8 Å². The smallest absolute Gasteiger partial charge is 0.339 e. The molecule has 0 radical (unpaired) electrons. The lowest BCUT2D eigenvalue weighted by Crippen LogP contribution is -2.09. The third-order valence-corrected chi connectivity index (χ3v) is 2.58. The molecular weight excluding hydrogens is 284 g/mol. The Kier molecular flexibility index (Phi) is 5.64. The molecule has 2 aromatic heterocycles. The van der Waals surface area contributed by atoms with Crippen molar-refractivity contribution in [2.75, 3.05) is 13.2 Å². The Morgan fingerprint density at radius 3 is 1.50 bits per heavy atom. The van der Waals surface area contributed by atoms with Crippen molar-refractivity contribution < 1.29 is 29.0 Å². The number of rotatable bonds is 4. The maximum Gasteiger partial charge on any atom is 0.339 e. The second kappa shape index (κ2) is 8.17. The van der Waals surface area contributed by atoms with Crippen LogP contribution in [0.2, 0.25) is 0 Å². The Balaban J connectivity index is 1.70. The van der Waals surface area contributed by atoms with Gasteiger partial charge in [0.15, 0.2) is 38.0 Å². The first-order valence-electron chi connectivity index (χ1n) is 6.49. The minimum atomic E-state index is -0.458. The third-order valence-electron chi connectivity index (χ3n) is 2.58. The Hall–Kier alpha value is -3.20. The molecule has 22 heavy (non-hydrogen) atoms. The molecule has 0 unspecified atom stereocenters. The van der Waals surface area contributed by atoms with Gasteiger partial charge in [-0.25, -0.2) is 19.6 Å². The van der Waals surface area contributed by atoms with Crippen LogP contribution in [0.5, 0.6) is 0 Å². The Morgan fingerprint density at radius 1 is 0.773 bits per heavy atom. The van der Waals surface area contributed by atoms with E-state index in [1.807, 2.05) is 0 Å². The van der Waals surface area contributed by atoms with Gasteiger partial charge in [0, 0.05) is 24.3 Å². The molecule has 0 aromatic carbocycles. The van der Waals surface area contributed by atoms with Gasteiger partial charge in [-0.2, -0.15) is 0 Å². The summed E-state index contributed by atoms with van der Waals surface area (Å²) < 4.78 is 9.90. The van der Waals surface area contributed by atoms with E-state index in [0.29, 0.717) is 11.1 Å². The van der Waals surface area contributed by atoms with E-state index in [4.69, 9.17) is 9.47 Å². The molecule has 2 heterocycles. The number of carbonyl (C=O) groups excluding carboxylic acids is 2. The van der Waals surface area contributed by atoms with Crippen molar-refractivity contribution in [2.24, 2.45) is 0 Å². The predicted octanol–water partition coefficient (Wildman–Crippen LogP) is 0.332. The number of pyridine rings is 2. The van der Waals surface area contributed by atoms with E-state index in [9.17, 15) is 9.59 Å². The molecule has 0 bridgehead atoms. The van der Waals surface area contributed by atoms with Crippen LogP contribution in [0.25, 0.3) is 0 Å². The fourth-order valence-corrected chi connectivity index (χ4v) is 1.52. The molecule has 2 aromatic rings. The first kappa shape index (κ1) is 15.2. The number of esters is 2. The number of hydrogen-bond acceptors (Lipinski definition) is 4. The number of H-pyrrole nitrogens is 2. The SMILES string of the molecule is O=C(OCC#CCOC(=O)c1cc[nH+]cc1)c1cc[nH+]cc1. The van der Waals surface area contributed by atoms with E-state index in [-0.39, 0.29) is 13.2 Å². The van der Waals surface area contributed by atoms with Crippen LogP contribution in [-0.2, 0) is 9.47 Å². The molecule has 0 aliphatic heterocycles. The van der Waals surface area contributed by atoms with Gasteiger partial charge in [0.1, 0.15) is 0 Å². The summed E-state index contributed by atoms with van der Waals surface area (Å²) in [6.45, 7) is -0.120. The van der Waals surface area contributed by atoms with Crippen LogP contribution in [0.3, 0.4) is 0 Å². The van der Waals surface area contributed by atoms with Crippen LogP contribution in [0.4, 0.5) is 0 Å². The number of carbonyl (C=O) groups is 2. The normalized spacial score (nSPS) is 9.27. The maximum atomic E-state index is 11.6. The average molecular weight is 298 g/mol. The van der Waals surface area contributed by atoms with Crippen molar-refractivity contribution in [3.05, 3.63) is 60.2 Å². The van der Waals surface area contributed by atoms with Gasteiger partial charge in [0.05, 0.1) is 11.1 Å². The van der Waals surface area contributed by atoms with Crippen LogP contribution < -0.4 is 9.97 Å². The third kappa shape index (κ3) is 4.72. The molecule has 0 saturated carbocycles. The zero-order valence-electron chi connectivity index (χ0n) is 11.7. The van der Waals surface area contributed by atoms with Crippen LogP contribution in [0.15, 0.2) is 49.1 Å². The highest BCUT2D eigenvalue weighted by Crippen LogP contribution is 1.98. The van der Waals surface area contributed by atoms with Crippen molar-refractivity contribution >= 4 is 11.9 Å². The van der Waals surface area contributed by atoms with E-state index in [0.717, 1.165) is 0 Å². The van der Waals surface area contributed by atoms with Crippen LogP contribution >= 0.6 is 0 Å². The van der Waals surface area contributed by atoms with Crippen molar-refractivity contribution in [3.8, 4) is 11.8 Å². The summed E-state index contributed by atoms with van der Waals surface area (Å²) in [4.78, 5) is 28.8. The molecule has 0 atom stereocenters. The lowest BCUT2D eigenvalue weighted by Gasteiger charge is -1.99. The topological polar surface area (TPSA) is 80.9 Å². The number of aromatic amines is 2. The van der Waals surface area contributed by atoms with Gasteiger partial charge in [-0.05, 0) is 0 Å². The highest BCUT2D eigenvalue weighted by atomic mass is 16.5. The molecule has 6 nitrogen and oxygen atoms in total. The highest BCUT2D eigenvalue weighted by molar-refractivity contribution is 5.89. The van der Waals surface area contributed by atoms with E-state index in [1.54, 1.807) is 49.1 Å². The first-order chi connectivity index (χ1) is 10.8. The second-order valence-electron chi connectivity index (χ2n) is 4.08. The maximum absolute atomic E-state index is 11.6. The van der Waals surface area contributed by atoms with Gasteiger partial charge >= 0.3 is 11.9 Å². The summed E-state index contributed by atoms with van der Waals surface area (Å²) in [7, 11) is 0. The van der Waals surface area contributed by atoms with Gasteiger partial charge in [-0.3, -0.25) is 0 Å². The molecule has 0 fully saturated rings. The quantitative estimate of drug-likeness (QED) is 0.602. The standard InChI is InChI=1S/C16H12N2O4/c19-15(13-3-7-17-8-4-13)21-11-1-2-12-22-16(20)14-5-9-18-10-6-14/h3-10H,11-12H2/p+2.